The molecule has 17 heavy (non-hydrogen) atoms. The van der Waals surface area contributed by atoms with Crippen LogP contribution in [0.4, 0.5) is 14.5 Å². The van der Waals surface area contributed by atoms with Gasteiger partial charge in [-0.1, -0.05) is 19.9 Å². The smallest absolute Gasteiger partial charge is 0.226 e. The Kier molecular flexibility index (Phi) is 4.57. The second-order valence-corrected chi connectivity index (χ2v) is 4.26. The Hall–Kier alpha value is -1.49. The standard InChI is InChI=1S/C12H16F2N2O/c1-7(2)9(15)6-11(17)16-10-5-3-4-8(13)12(10)14/h3-5,7,9H,6,15H2,1-2H3,(H,16,17). The third-order valence-corrected chi connectivity index (χ3v) is 2.50. The number of hydrogen-bond acceptors (Lipinski definition) is 2. The molecular formula is C12H16F2N2O. The molecule has 0 saturated heterocycles. The van der Waals surface area contributed by atoms with E-state index in [-0.39, 0.29) is 24.1 Å². The van der Waals surface area contributed by atoms with Crippen molar-refractivity contribution in [2.75, 3.05) is 5.32 Å². The van der Waals surface area contributed by atoms with Crippen LogP contribution in [0, 0.1) is 17.6 Å². The first-order valence-electron chi connectivity index (χ1n) is 5.41. The minimum absolute atomic E-state index is 0.0770. The molecule has 0 aromatic heterocycles. The van der Waals surface area contributed by atoms with Gasteiger partial charge < -0.3 is 11.1 Å². The molecule has 3 N–H and O–H groups in total. The summed E-state index contributed by atoms with van der Waals surface area (Å²) in [6.45, 7) is 3.78. The van der Waals surface area contributed by atoms with Gasteiger partial charge in [0.1, 0.15) is 0 Å². The second kappa shape index (κ2) is 5.72. The summed E-state index contributed by atoms with van der Waals surface area (Å²) in [6.07, 6.45) is 0.0770. The number of nitrogens with two attached hydrogens (primary N) is 1. The fourth-order valence-corrected chi connectivity index (χ4v) is 1.25. The molecule has 1 atom stereocenters. The molecule has 0 radical (unpaired) electrons. The first kappa shape index (κ1) is 13.6. The maximum Gasteiger partial charge on any atom is 0.226 e. The van der Waals surface area contributed by atoms with Crippen molar-refractivity contribution in [2.45, 2.75) is 26.3 Å². The lowest BCUT2D eigenvalue weighted by Crippen LogP contribution is -2.31. The summed E-state index contributed by atoms with van der Waals surface area (Å²) < 4.78 is 26.1. The van der Waals surface area contributed by atoms with Gasteiger partial charge in [0, 0.05) is 12.5 Å². The first-order chi connectivity index (χ1) is 7.91. The van der Waals surface area contributed by atoms with E-state index in [0.29, 0.717) is 0 Å². The number of carbonyl (C=O) groups is 1. The lowest BCUT2D eigenvalue weighted by atomic mass is 10.0. The van der Waals surface area contributed by atoms with Crippen molar-refractivity contribution in [2.24, 2.45) is 11.7 Å². The fourth-order valence-electron chi connectivity index (χ4n) is 1.25. The molecule has 1 aromatic rings. The molecule has 1 aromatic carbocycles. The summed E-state index contributed by atoms with van der Waals surface area (Å²) in [5.74, 6) is -2.32. The van der Waals surface area contributed by atoms with Crippen LogP contribution in [0.5, 0.6) is 0 Å². The molecule has 0 aliphatic heterocycles. The van der Waals surface area contributed by atoms with Crippen molar-refractivity contribution in [3.05, 3.63) is 29.8 Å². The third-order valence-electron chi connectivity index (χ3n) is 2.50. The van der Waals surface area contributed by atoms with E-state index in [2.05, 4.69) is 5.32 Å². The molecule has 0 saturated carbocycles. The molecule has 3 nitrogen and oxygen atoms in total. The van der Waals surface area contributed by atoms with Crippen LogP contribution < -0.4 is 11.1 Å². The summed E-state index contributed by atoms with van der Waals surface area (Å²) in [5.41, 5.74) is 5.55. The Morgan fingerprint density at radius 2 is 2.06 bits per heavy atom. The molecule has 5 heteroatoms. The van der Waals surface area contributed by atoms with E-state index < -0.39 is 17.5 Å². The maximum absolute atomic E-state index is 13.2. The van der Waals surface area contributed by atoms with Gasteiger partial charge in [-0.2, -0.15) is 0 Å². The Morgan fingerprint density at radius 3 is 2.65 bits per heavy atom. The Bertz CT molecular complexity index is 407. The van der Waals surface area contributed by atoms with Crippen molar-refractivity contribution < 1.29 is 13.6 Å². The van der Waals surface area contributed by atoms with E-state index in [9.17, 15) is 13.6 Å². The van der Waals surface area contributed by atoms with Gasteiger partial charge in [-0.3, -0.25) is 4.79 Å². The Morgan fingerprint density at radius 1 is 1.41 bits per heavy atom. The number of nitrogens with one attached hydrogen (secondary N) is 1. The highest BCUT2D eigenvalue weighted by Gasteiger charge is 2.15. The maximum atomic E-state index is 13.2. The van der Waals surface area contributed by atoms with Gasteiger partial charge in [-0.15, -0.1) is 0 Å². The molecular weight excluding hydrogens is 226 g/mol. The molecule has 0 spiro atoms. The number of hydrogen-bond donors (Lipinski definition) is 2. The van der Waals surface area contributed by atoms with Crippen molar-refractivity contribution in [1.29, 1.82) is 0 Å². The summed E-state index contributed by atoms with van der Waals surface area (Å²) in [6, 6.07) is 3.32. The first-order valence-corrected chi connectivity index (χ1v) is 5.41. The van der Waals surface area contributed by atoms with Crippen LogP contribution in [0.25, 0.3) is 0 Å². The Balaban J connectivity index is 2.66. The predicted octanol–water partition coefficient (Wildman–Crippen LogP) is 2.28. The SMILES string of the molecule is CC(C)C(N)CC(=O)Nc1cccc(F)c1F. The van der Waals surface area contributed by atoms with Gasteiger partial charge in [0.2, 0.25) is 5.91 Å². The van der Waals surface area contributed by atoms with E-state index in [4.69, 9.17) is 5.73 Å². The minimum Gasteiger partial charge on any atom is -0.327 e. The van der Waals surface area contributed by atoms with Gasteiger partial charge in [-0.25, -0.2) is 8.78 Å². The van der Waals surface area contributed by atoms with Gasteiger partial charge in [0.05, 0.1) is 5.69 Å². The molecule has 94 valence electrons. The average molecular weight is 242 g/mol. The van der Waals surface area contributed by atoms with Crippen molar-refractivity contribution in [1.82, 2.24) is 0 Å². The zero-order valence-corrected chi connectivity index (χ0v) is 9.84. The largest absolute Gasteiger partial charge is 0.327 e. The third kappa shape index (κ3) is 3.78. The molecule has 1 rings (SSSR count). The number of anilines is 1. The van der Waals surface area contributed by atoms with E-state index >= 15 is 0 Å². The highest BCUT2D eigenvalue weighted by molar-refractivity contribution is 5.91. The summed E-state index contributed by atoms with van der Waals surface area (Å²) in [4.78, 5) is 11.5. The van der Waals surface area contributed by atoms with E-state index in [0.717, 1.165) is 6.07 Å². The van der Waals surface area contributed by atoms with Gasteiger partial charge in [0.25, 0.3) is 0 Å². The molecule has 0 aliphatic rings. The number of carbonyl (C=O) groups excluding carboxylic acids is 1. The molecule has 1 unspecified atom stereocenters. The van der Waals surface area contributed by atoms with Gasteiger partial charge in [-0.05, 0) is 18.1 Å². The Labute approximate surface area is 99.0 Å². The van der Waals surface area contributed by atoms with Crippen LogP contribution >= 0.6 is 0 Å². The fraction of sp³-hybridized carbons (Fsp3) is 0.417. The van der Waals surface area contributed by atoms with Gasteiger partial charge >= 0.3 is 0 Å². The van der Waals surface area contributed by atoms with Crippen LogP contribution in [0.3, 0.4) is 0 Å². The average Bonchev–Trinajstić information content (AvgIpc) is 2.24. The normalized spacial score (nSPS) is 12.6. The summed E-state index contributed by atoms with van der Waals surface area (Å²) in [5, 5.41) is 2.30. The van der Waals surface area contributed by atoms with Crippen LogP contribution in [0.1, 0.15) is 20.3 Å². The lowest BCUT2D eigenvalue weighted by molar-refractivity contribution is -0.116. The number of rotatable bonds is 4. The van der Waals surface area contributed by atoms with E-state index in [1.165, 1.54) is 12.1 Å². The molecule has 0 bridgehead atoms. The van der Waals surface area contributed by atoms with Crippen LogP contribution in [-0.4, -0.2) is 11.9 Å². The lowest BCUT2D eigenvalue weighted by Gasteiger charge is -2.15. The zero-order valence-electron chi connectivity index (χ0n) is 9.84. The zero-order chi connectivity index (χ0) is 13.0. The monoisotopic (exact) mass is 242 g/mol. The van der Waals surface area contributed by atoms with Crippen LogP contribution in [0.2, 0.25) is 0 Å². The minimum atomic E-state index is -1.06. The second-order valence-electron chi connectivity index (χ2n) is 4.26. The molecule has 0 fully saturated rings. The number of benzene rings is 1. The molecule has 0 heterocycles. The van der Waals surface area contributed by atoms with Crippen molar-refractivity contribution in [3.63, 3.8) is 0 Å². The van der Waals surface area contributed by atoms with Crippen LogP contribution in [0.15, 0.2) is 18.2 Å². The van der Waals surface area contributed by atoms with E-state index in [1.54, 1.807) is 0 Å². The summed E-state index contributed by atoms with van der Waals surface area (Å²) in [7, 11) is 0. The highest BCUT2D eigenvalue weighted by atomic mass is 19.2. The molecule has 1 amide bonds. The van der Waals surface area contributed by atoms with E-state index in [1.807, 2.05) is 13.8 Å². The topological polar surface area (TPSA) is 55.1 Å². The van der Waals surface area contributed by atoms with Crippen molar-refractivity contribution in [3.8, 4) is 0 Å². The summed E-state index contributed by atoms with van der Waals surface area (Å²) >= 11 is 0. The predicted molar refractivity (Wildman–Crippen MR) is 62.4 cm³/mol. The van der Waals surface area contributed by atoms with Gasteiger partial charge in [0.15, 0.2) is 11.6 Å². The number of amides is 1. The molecule has 0 aliphatic carbocycles. The highest BCUT2D eigenvalue weighted by Crippen LogP contribution is 2.17. The van der Waals surface area contributed by atoms with Crippen LogP contribution in [-0.2, 0) is 4.79 Å². The number of halogens is 2. The van der Waals surface area contributed by atoms with Crippen molar-refractivity contribution >= 4 is 11.6 Å². The quantitative estimate of drug-likeness (QED) is 0.851.